The fourth-order valence-electron chi connectivity index (χ4n) is 4.72. The summed E-state index contributed by atoms with van der Waals surface area (Å²) in [7, 11) is 0. The van der Waals surface area contributed by atoms with Crippen molar-refractivity contribution in [1.82, 2.24) is 14.9 Å². The molecule has 5 rings (SSSR count). The molecule has 1 fully saturated rings. The monoisotopic (exact) mass is 446 g/mol. The number of nitrogens with zero attached hydrogens (tertiary/aromatic N) is 4. The molecule has 1 aliphatic heterocycles. The van der Waals surface area contributed by atoms with Crippen molar-refractivity contribution in [2.75, 3.05) is 31.1 Å². The highest BCUT2D eigenvalue weighted by molar-refractivity contribution is 7.19. The molecule has 6 heteroatoms. The lowest BCUT2D eigenvalue weighted by atomic mass is 9.97. The van der Waals surface area contributed by atoms with Gasteiger partial charge in [0.15, 0.2) is 0 Å². The van der Waals surface area contributed by atoms with Crippen LogP contribution in [0.2, 0.25) is 0 Å². The molecule has 2 aromatic heterocycles. The third-order valence-corrected chi connectivity index (χ3v) is 7.61. The highest BCUT2D eigenvalue weighted by atomic mass is 32.1. The SMILES string of the molecule is CCCc1nc(N2CCN(C(=O)/C=C/c3ccccc3)CC2)c2c3c(sc2n1)CCCC3. The molecule has 32 heavy (non-hydrogen) atoms. The Balaban J connectivity index is 1.35. The van der Waals surface area contributed by atoms with Crippen molar-refractivity contribution in [3.8, 4) is 0 Å². The molecule has 2 aliphatic rings. The van der Waals surface area contributed by atoms with Crippen molar-refractivity contribution in [3.63, 3.8) is 0 Å². The lowest BCUT2D eigenvalue weighted by Gasteiger charge is -2.35. The van der Waals surface area contributed by atoms with E-state index in [9.17, 15) is 4.79 Å². The average molecular weight is 447 g/mol. The van der Waals surface area contributed by atoms with Gasteiger partial charge in [0.25, 0.3) is 0 Å². The molecule has 0 spiro atoms. The van der Waals surface area contributed by atoms with Crippen LogP contribution >= 0.6 is 11.3 Å². The molecule has 166 valence electrons. The maximum Gasteiger partial charge on any atom is 0.246 e. The van der Waals surface area contributed by atoms with Gasteiger partial charge in [0.2, 0.25) is 5.91 Å². The molecule has 1 aliphatic carbocycles. The first-order valence-electron chi connectivity index (χ1n) is 11.8. The van der Waals surface area contributed by atoms with E-state index in [1.165, 1.54) is 35.1 Å². The van der Waals surface area contributed by atoms with E-state index >= 15 is 0 Å². The van der Waals surface area contributed by atoms with E-state index in [-0.39, 0.29) is 5.91 Å². The molecule has 0 saturated carbocycles. The van der Waals surface area contributed by atoms with Crippen LogP contribution in [0.3, 0.4) is 0 Å². The summed E-state index contributed by atoms with van der Waals surface area (Å²) in [6.45, 7) is 5.25. The Kier molecular flexibility index (Phi) is 6.21. The van der Waals surface area contributed by atoms with Crippen molar-refractivity contribution >= 4 is 39.4 Å². The van der Waals surface area contributed by atoms with Crippen LogP contribution in [0.5, 0.6) is 0 Å². The molecular weight excluding hydrogens is 416 g/mol. The number of thiophene rings is 1. The number of rotatable bonds is 5. The largest absolute Gasteiger partial charge is 0.352 e. The van der Waals surface area contributed by atoms with E-state index in [1.54, 1.807) is 6.08 Å². The molecule has 0 unspecified atom stereocenters. The van der Waals surface area contributed by atoms with Crippen LogP contribution in [-0.2, 0) is 24.1 Å². The maximum atomic E-state index is 12.7. The number of amides is 1. The smallest absolute Gasteiger partial charge is 0.246 e. The van der Waals surface area contributed by atoms with Gasteiger partial charge in [-0.1, -0.05) is 37.3 Å². The zero-order valence-electron chi connectivity index (χ0n) is 18.7. The van der Waals surface area contributed by atoms with Crippen LogP contribution in [-0.4, -0.2) is 47.0 Å². The van der Waals surface area contributed by atoms with E-state index in [0.717, 1.165) is 67.5 Å². The number of fused-ring (bicyclic) bond motifs is 3. The van der Waals surface area contributed by atoms with E-state index in [0.29, 0.717) is 0 Å². The molecule has 0 atom stereocenters. The number of anilines is 1. The second kappa shape index (κ2) is 9.41. The molecule has 1 aromatic carbocycles. The Hall–Kier alpha value is -2.73. The number of aromatic nitrogens is 2. The summed E-state index contributed by atoms with van der Waals surface area (Å²) in [5, 5.41) is 1.29. The van der Waals surface area contributed by atoms with E-state index in [2.05, 4.69) is 11.8 Å². The lowest BCUT2D eigenvalue weighted by molar-refractivity contribution is -0.126. The zero-order chi connectivity index (χ0) is 21.9. The number of hydrogen-bond acceptors (Lipinski definition) is 5. The number of hydrogen-bond donors (Lipinski definition) is 0. The van der Waals surface area contributed by atoms with Crippen LogP contribution in [0.1, 0.15) is 48.0 Å². The Morgan fingerprint density at radius 1 is 1.06 bits per heavy atom. The summed E-state index contributed by atoms with van der Waals surface area (Å²) in [4.78, 5) is 29.7. The van der Waals surface area contributed by atoms with Crippen LogP contribution in [0.25, 0.3) is 16.3 Å². The molecule has 1 amide bonds. The normalized spacial score (nSPS) is 16.7. The van der Waals surface area contributed by atoms with Gasteiger partial charge >= 0.3 is 0 Å². The van der Waals surface area contributed by atoms with Crippen molar-refractivity contribution < 1.29 is 4.79 Å². The third-order valence-electron chi connectivity index (χ3n) is 6.42. The first-order valence-corrected chi connectivity index (χ1v) is 12.6. The van der Waals surface area contributed by atoms with Gasteiger partial charge in [-0.05, 0) is 49.3 Å². The van der Waals surface area contributed by atoms with Gasteiger partial charge < -0.3 is 9.80 Å². The first kappa shape index (κ1) is 21.1. The molecule has 3 aromatic rings. The minimum Gasteiger partial charge on any atom is -0.352 e. The zero-order valence-corrected chi connectivity index (χ0v) is 19.5. The van der Waals surface area contributed by atoms with Crippen LogP contribution in [0, 0.1) is 0 Å². The first-order chi connectivity index (χ1) is 15.7. The summed E-state index contributed by atoms with van der Waals surface area (Å²) in [6, 6.07) is 9.98. The number of piperazine rings is 1. The second-order valence-electron chi connectivity index (χ2n) is 8.66. The van der Waals surface area contributed by atoms with Crippen LogP contribution < -0.4 is 4.90 Å². The van der Waals surface area contributed by atoms with Crippen LogP contribution in [0.4, 0.5) is 5.82 Å². The predicted octanol–water partition coefficient (Wildman–Crippen LogP) is 4.88. The van der Waals surface area contributed by atoms with Gasteiger partial charge in [0.1, 0.15) is 16.5 Å². The molecule has 0 bridgehead atoms. The Morgan fingerprint density at radius 3 is 2.62 bits per heavy atom. The number of benzene rings is 1. The summed E-state index contributed by atoms with van der Waals surface area (Å²) in [6.07, 6.45) is 10.4. The van der Waals surface area contributed by atoms with Crippen molar-refractivity contribution in [2.24, 2.45) is 0 Å². The minimum atomic E-state index is 0.0842. The quantitative estimate of drug-likeness (QED) is 0.524. The van der Waals surface area contributed by atoms with Gasteiger partial charge in [0, 0.05) is 43.6 Å². The predicted molar refractivity (Wildman–Crippen MR) is 132 cm³/mol. The van der Waals surface area contributed by atoms with E-state index < -0.39 is 0 Å². The summed E-state index contributed by atoms with van der Waals surface area (Å²) >= 11 is 1.88. The number of aryl methyl sites for hydroxylation is 3. The number of carbonyl (C=O) groups excluding carboxylic acids is 1. The van der Waals surface area contributed by atoms with Crippen molar-refractivity contribution in [1.29, 1.82) is 0 Å². The molecular formula is C26H30N4OS. The van der Waals surface area contributed by atoms with Crippen molar-refractivity contribution in [3.05, 3.63) is 58.2 Å². The molecule has 0 N–H and O–H groups in total. The molecule has 5 nitrogen and oxygen atoms in total. The fourth-order valence-corrected chi connectivity index (χ4v) is 6.00. The molecule has 0 radical (unpaired) electrons. The topological polar surface area (TPSA) is 49.3 Å². The highest BCUT2D eigenvalue weighted by Crippen LogP contribution is 2.40. The van der Waals surface area contributed by atoms with Gasteiger partial charge in [0.05, 0.1) is 5.39 Å². The van der Waals surface area contributed by atoms with Crippen molar-refractivity contribution in [2.45, 2.75) is 45.4 Å². The highest BCUT2D eigenvalue weighted by Gasteiger charge is 2.26. The van der Waals surface area contributed by atoms with Gasteiger partial charge in [-0.25, -0.2) is 9.97 Å². The average Bonchev–Trinajstić information content (AvgIpc) is 3.21. The minimum absolute atomic E-state index is 0.0842. The van der Waals surface area contributed by atoms with Crippen LogP contribution in [0.15, 0.2) is 36.4 Å². The Labute approximate surface area is 193 Å². The standard InChI is InChI=1S/C26H30N4OS/c1-2-8-22-27-25(24-20-11-6-7-12-21(20)32-26(24)28-22)30-17-15-29(16-18-30)23(31)14-13-19-9-4-3-5-10-19/h3-5,9-10,13-14H,2,6-8,11-12,15-18H2,1H3/b14-13+. The lowest BCUT2D eigenvalue weighted by Crippen LogP contribution is -2.48. The van der Waals surface area contributed by atoms with E-state index in [4.69, 9.17) is 9.97 Å². The van der Waals surface area contributed by atoms with Gasteiger partial charge in [-0.15, -0.1) is 11.3 Å². The maximum absolute atomic E-state index is 12.7. The Bertz CT molecular complexity index is 1130. The van der Waals surface area contributed by atoms with E-state index in [1.807, 2.05) is 52.6 Å². The second-order valence-corrected chi connectivity index (χ2v) is 9.74. The fraction of sp³-hybridized carbons (Fsp3) is 0.423. The molecule has 3 heterocycles. The third kappa shape index (κ3) is 4.29. The summed E-state index contributed by atoms with van der Waals surface area (Å²) < 4.78 is 0. The molecule has 1 saturated heterocycles. The number of carbonyl (C=O) groups is 1. The van der Waals surface area contributed by atoms with Gasteiger partial charge in [-0.2, -0.15) is 0 Å². The summed E-state index contributed by atoms with van der Waals surface area (Å²) in [5.74, 6) is 2.14. The Morgan fingerprint density at radius 2 is 1.84 bits per heavy atom. The van der Waals surface area contributed by atoms with Gasteiger partial charge in [-0.3, -0.25) is 4.79 Å². The summed E-state index contributed by atoms with van der Waals surface area (Å²) in [5.41, 5.74) is 2.53.